The number of aryl methyl sites for hydroxylation is 2. The average Bonchev–Trinajstić information content (AvgIpc) is 2.65. The van der Waals surface area contributed by atoms with Gasteiger partial charge in [-0.2, -0.15) is 0 Å². The molecular weight excluding hydrogens is 386 g/mol. The van der Waals surface area contributed by atoms with Gasteiger partial charge in [0.05, 0.1) is 11.2 Å². The molecule has 0 amide bonds. The highest BCUT2D eigenvalue weighted by atomic mass is 79.9. The molecule has 0 aliphatic heterocycles. The van der Waals surface area contributed by atoms with Gasteiger partial charge in [0.2, 0.25) is 5.95 Å². The van der Waals surface area contributed by atoms with Crippen LogP contribution in [0.1, 0.15) is 11.1 Å². The van der Waals surface area contributed by atoms with E-state index in [1.165, 1.54) is 5.56 Å². The maximum Gasteiger partial charge on any atom is 0.228 e. The first-order valence-corrected chi connectivity index (χ1v) is 9.26. The number of benzene rings is 3. The molecule has 0 bridgehead atoms. The smallest absolute Gasteiger partial charge is 0.228 e. The molecule has 0 saturated carbocycles. The predicted octanol–water partition coefficient (Wildman–Crippen LogP) is 6.42. The molecule has 3 aromatic carbocycles. The minimum Gasteiger partial charge on any atom is -0.324 e. The van der Waals surface area contributed by atoms with E-state index in [1.807, 2.05) is 30.3 Å². The van der Waals surface area contributed by atoms with E-state index in [1.54, 1.807) is 0 Å². The van der Waals surface area contributed by atoms with Crippen LogP contribution < -0.4 is 5.32 Å². The first-order chi connectivity index (χ1) is 12.6. The summed E-state index contributed by atoms with van der Waals surface area (Å²) in [5, 5.41) is 4.42. The summed E-state index contributed by atoms with van der Waals surface area (Å²) >= 11 is 3.56. The highest BCUT2D eigenvalue weighted by Crippen LogP contribution is 2.30. The monoisotopic (exact) mass is 403 g/mol. The number of hydrogen-bond donors (Lipinski definition) is 1. The third-order valence-corrected chi connectivity index (χ3v) is 4.84. The van der Waals surface area contributed by atoms with Crippen LogP contribution in [0.3, 0.4) is 0 Å². The number of fused-ring (bicyclic) bond motifs is 1. The highest BCUT2D eigenvalue weighted by Gasteiger charge is 2.11. The molecule has 0 spiro atoms. The minimum absolute atomic E-state index is 0.604. The van der Waals surface area contributed by atoms with Gasteiger partial charge in [-0.05, 0) is 49.2 Å². The Hall–Kier alpha value is -2.72. The molecule has 26 heavy (non-hydrogen) atoms. The molecule has 0 unspecified atom stereocenters. The molecule has 1 N–H and O–H groups in total. The van der Waals surface area contributed by atoms with Crippen molar-refractivity contribution in [3.63, 3.8) is 0 Å². The fraction of sp³-hybridized carbons (Fsp3) is 0.0909. The molecule has 0 aliphatic rings. The lowest BCUT2D eigenvalue weighted by molar-refractivity contribution is 1.21. The van der Waals surface area contributed by atoms with Crippen molar-refractivity contribution < 1.29 is 0 Å². The zero-order valence-electron chi connectivity index (χ0n) is 14.6. The third-order valence-electron chi connectivity index (χ3n) is 4.34. The van der Waals surface area contributed by atoms with Crippen molar-refractivity contribution in [1.29, 1.82) is 0 Å². The van der Waals surface area contributed by atoms with Crippen LogP contribution in [-0.4, -0.2) is 9.97 Å². The highest BCUT2D eigenvalue weighted by molar-refractivity contribution is 9.10. The van der Waals surface area contributed by atoms with Gasteiger partial charge >= 0.3 is 0 Å². The fourth-order valence-corrected chi connectivity index (χ4v) is 3.32. The molecule has 0 atom stereocenters. The molecule has 1 heterocycles. The molecular formula is C22H18BrN3. The van der Waals surface area contributed by atoms with E-state index in [0.29, 0.717) is 5.95 Å². The number of nitrogens with zero attached hydrogens (tertiary/aromatic N) is 2. The number of halogens is 1. The molecule has 0 fully saturated rings. The van der Waals surface area contributed by atoms with Gasteiger partial charge in [-0.15, -0.1) is 0 Å². The largest absolute Gasteiger partial charge is 0.324 e. The molecule has 0 radical (unpaired) electrons. The molecule has 0 saturated heterocycles. The summed E-state index contributed by atoms with van der Waals surface area (Å²) in [5.41, 5.74) is 6.30. The first kappa shape index (κ1) is 16.7. The standard InChI is InChI=1S/C22H18BrN3/c1-14-8-9-15(2)20(12-14)25-22-24-19-11-10-17(23)13-18(19)21(26-22)16-6-4-3-5-7-16/h3-13H,1-2H3,(H,24,25,26). The SMILES string of the molecule is Cc1ccc(C)c(Nc2nc(-c3ccccc3)c3cc(Br)ccc3n2)c1. The van der Waals surface area contributed by atoms with Crippen molar-refractivity contribution in [3.8, 4) is 11.3 Å². The summed E-state index contributed by atoms with van der Waals surface area (Å²) in [4.78, 5) is 9.56. The van der Waals surface area contributed by atoms with Gasteiger partial charge in [0.25, 0.3) is 0 Å². The van der Waals surface area contributed by atoms with Crippen molar-refractivity contribution >= 4 is 38.5 Å². The van der Waals surface area contributed by atoms with Crippen LogP contribution in [0.2, 0.25) is 0 Å². The van der Waals surface area contributed by atoms with Gasteiger partial charge in [-0.25, -0.2) is 9.97 Å². The molecule has 4 aromatic rings. The molecule has 4 heteroatoms. The summed E-state index contributed by atoms with van der Waals surface area (Å²) in [6.45, 7) is 4.16. The van der Waals surface area contributed by atoms with Crippen molar-refractivity contribution in [2.75, 3.05) is 5.32 Å². The van der Waals surface area contributed by atoms with E-state index in [0.717, 1.165) is 37.9 Å². The maximum absolute atomic E-state index is 4.84. The van der Waals surface area contributed by atoms with Crippen molar-refractivity contribution in [3.05, 3.63) is 82.3 Å². The van der Waals surface area contributed by atoms with E-state index in [2.05, 4.69) is 71.5 Å². The Morgan fingerprint density at radius 1 is 0.846 bits per heavy atom. The van der Waals surface area contributed by atoms with Crippen LogP contribution in [0.15, 0.2) is 71.2 Å². The Bertz CT molecular complexity index is 1090. The fourth-order valence-electron chi connectivity index (χ4n) is 2.96. The van der Waals surface area contributed by atoms with E-state index in [9.17, 15) is 0 Å². The maximum atomic E-state index is 4.84. The van der Waals surface area contributed by atoms with Crippen LogP contribution in [0, 0.1) is 13.8 Å². The molecule has 4 rings (SSSR count). The first-order valence-electron chi connectivity index (χ1n) is 8.47. The number of anilines is 2. The van der Waals surface area contributed by atoms with Crippen LogP contribution in [0.25, 0.3) is 22.2 Å². The van der Waals surface area contributed by atoms with Crippen LogP contribution >= 0.6 is 15.9 Å². The zero-order chi connectivity index (χ0) is 18.1. The normalized spacial score (nSPS) is 10.9. The second-order valence-corrected chi connectivity index (χ2v) is 7.28. The predicted molar refractivity (Wildman–Crippen MR) is 112 cm³/mol. The molecule has 128 valence electrons. The number of hydrogen-bond acceptors (Lipinski definition) is 3. The van der Waals surface area contributed by atoms with Crippen LogP contribution in [0.4, 0.5) is 11.6 Å². The summed E-state index contributed by atoms with van der Waals surface area (Å²) in [7, 11) is 0. The van der Waals surface area contributed by atoms with Crippen LogP contribution in [-0.2, 0) is 0 Å². The van der Waals surface area contributed by atoms with Gasteiger partial charge in [-0.1, -0.05) is 58.4 Å². The Labute approximate surface area is 161 Å². The molecule has 0 aliphatic carbocycles. The third kappa shape index (κ3) is 3.33. The Morgan fingerprint density at radius 2 is 1.65 bits per heavy atom. The van der Waals surface area contributed by atoms with Crippen molar-refractivity contribution in [2.45, 2.75) is 13.8 Å². The zero-order valence-corrected chi connectivity index (χ0v) is 16.2. The van der Waals surface area contributed by atoms with Gasteiger partial charge in [0, 0.05) is 21.1 Å². The van der Waals surface area contributed by atoms with E-state index in [-0.39, 0.29) is 0 Å². The van der Waals surface area contributed by atoms with Gasteiger partial charge in [0.1, 0.15) is 0 Å². The van der Waals surface area contributed by atoms with Gasteiger partial charge in [-0.3, -0.25) is 0 Å². The topological polar surface area (TPSA) is 37.8 Å². The van der Waals surface area contributed by atoms with Crippen LogP contribution in [0.5, 0.6) is 0 Å². The van der Waals surface area contributed by atoms with Crippen molar-refractivity contribution in [2.24, 2.45) is 0 Å². The summed E-state index contributed by atoms with van der Waals surface area (Å²) in [6, 6.07) is 22.6. The lowest BCUT2D eigenvalue weighted by atomic mass is 10.1. The minimum atomic E-state index is 0.604. The second kappa shape index (κ2) is 6.89. The summed E-state index contributed by atoms with van der Waals surface area (Å²) in [6.07, 6.45) is 0. The van der Waals surface area contributed by atoms with Gasteiger partial charge in [0.15, 0.2) is 0 Å². The number of nitrogens with one attached hydrogen (secondary N) is 1. The molecule has 1 aromatic heterocycles. The lowest BCUT2D eigenvalue weighted by Gasteiger charge is -2.13. The Balaban J connectivity index is 1.89. The lowest BCUT2D eigenvalue weighted by Crippen LogP contribution is -2.01. The quantitative estimate of drug-likeness (QED) is 0.428. The molecule has 3 nitrogen and oxygen atoms in total. The number of rotatable bonds is 3. The number of aromatic nitrogens is 2. The average molecular weight is 404 g/mol. The van der Waals surface area contributed by atoms with Crippen molar-refractivity contribution in [1.82, 2.24) is 9.97 Å². The van der Waals surface area contributed by atoms with E-state index >= 15 is 0 Å². The summed E-state index contributed by atoms with van der Waals surface area (Å²) < 4.78 is 1.01. The Kier molecular flexibility index (Phi) is 4.43. The summed E-state index contributed by atoms with van der Waals surface area (Å²) in [5.74, 6) is 0.604. The Morgan fingerprint density at radius 3 is 2.46 bits per heavy atom. The van der Waals surface area contributed by atoms with E-state index < -0.39 is 0 Å². The van der Waals surface area contributed by atoms with E-state index in [4.69, 9.17) is 9.97 Å². The second-order valence-electron chi connectivity index (χ2n) is 6.37. The van der Waals surface area contributed by atoms with Gasteiger partial charge < -0.3 is 5.32 Å².